The normalized spacial score (nSPS) is 13.4. The van der Waals surface area contributed by atoms with Crippen molar-refractivity contribution in [1.82, 2.24) is 14.9 Å². The number of hydrogen-bond acceptors (Lipinski definition) is 2. The summed E-state index contributed by atoms with van der Waals surface area (Å²) in [6.45, 7) is 6.48. The monoisotopic (exact) mass is 257 g/mol. The summed E-state index contributed by atoms with van der Waals surface area (Å²) in [5, 5.41) is 3.02. The number of rotatable bonds is 6. The van der Waals surface area contributed by atoms with Gasteiger partial charge in [0.15, 0.2) is 0 Å². The highest BCUT2D eigenvalue weighted by Gasteiger charge is 2.27. The summed E-state index contributed by atoms with van der Waals surface area (Å²) < 4.78 is 1.96. The van der Waals surface area contributed by atoms with Crippen molar-refractivity contribution >= 4 is 17.5 Å². The molecule has 1 aromatic heterocycles. The Balaban J connectivity index is 2.55. The molecule has 1 unspecified atom stereocenters. The van der Waals surface area contributed by atoms with E-state index in [1.54, 1.807) is 12.5 Å². The average molecular weight is 258 g/mol. The molecule has 17 heavy (non-hydrogen) atoms. The number of halogens is 1. The molecule has 0 radical (unpaired) electrons. The second-order valence-corrected chi connectivity index (χ2v) is 5.12. The van der Waals surface area contributed by atoms with Gasteiger partial charge < -0.3 is 9.88 Å². The first-order valence-corrected chi connectivity index (χ1v) is 6.35. The SMILES string of the molecule is CCC(Cn1ccnc1)NC(=O)C(C)(C)CCl. The fourth-order valence-corrected chi connectivity index (χ4v) is 1.49. The summed E-state index contributed by atoms with van der Waals surface area (Å²) in [7, 11) is 0. The molecule has 4 nitrogen and oxygen atoms in total. The largest absolute Gasteiger partial charge is 0.351 e. The Morgan fingerprint density at radius 2 is 2.29 bits per heavy atom. The van der Waals surface area contributed by atoms with Crippen LogP contribution in [0.25, 0.3) is 0 Å². The molecular formula is C12H20ClN3O. The Bertz CT molecular complexity index is 349. The molecular weight excluding hydrogens is 238 g/mol. The molecule has 1 rings (SSSR count). The van der Waals surface area contributed by atoms with E-state index in [1.165, 1.54) is 0 Å². The lowest BCUT2D eigenvalue weighted by atomic mass is 9.94. The zero-order valence-electron chi connectivity index (χ0n) is 10.6. The first-order valence-electron chi connectivity index (χ1n) is 5.82. The molecule has 1 atom stereocenters. The fraction of sp³-hybridized carbons (Fsp3) is 0.667. The third-order valence-corrected chi connectivity index (χ3v) is 3.44. The van der Waals surface area contributed by atoms with Gasteiger partial charge in [-0.3, -0.25) is 4.79 Å². The van der Waals surface area contributed by atoms with Crippen LogP contribution in [-0.4, -0.2) is 27.4 Å². The van der Waals surface area contributed by atoms with E-state index in [-0.39, 0.29) is 11.9 Å². The van der Waals surface area contributed by atoms with E-state index in [1.807, 2.05) is 24.6 Å². The molecule has 5 heteroatoms. The molecule has 1 N–H and O–H groups in total. The standard InChI is InChI=1S/C12H20ClN3O/c1-4-10(7-16-6-5-14-9-16)15-11(17)12(2,3)8-13/h5-6,9-10H,4,7-8H2,1-3H3,(H,15,17). The molecule has 0 bridgehead atoms. The molecule has 0 saturated carbocycles. The number of alkyl halides is 1. The van der Waals surface area contributed by atoms with Gasteiger partial charge in [-0.2, -0.15) is 0 Å². The van der Waals surface area contributed by atoms with Gasteiger partial charge >= 0.3 is 0 Å². The summed E-state index contributed by atoms with van der Waals surface area (Å²) >= 11 is 5.78. The molecule has 0 aliphatic rings. The van der Waals surface area contributed by atoms with Crippen LogP contribution in [0.5, 0.6) is 0 Å². The topological polar surface area (TPSA) is 46.9 Å². The van der Waals surface area contributed by atoms with Crippen LogP contribution in [0.2, 0.25) is 0 Å². The van der Waals surface area contributed by atoms with Gasteiger partial charge in [0.05, 0.1) is 11.7 Å². The molecule has 1 heterocycles. The predicted octanol–water partition coefficient (Wildman–Crippen LogP) is 2.04. The zero-order chi connectivity index (χ0) is 12.9. The van der Waals surface area contributed by atoms with Crippen LogP contribution < -0.4 is 5.32 Å². The van der Waals surface area contributed by atoms with Crippen molar-refractivity contribution in [3.63, 3.8) is 0 Å². The van der Waals surface area contributed by atoms with E-state index in [4.69, 9.17) is 11.6 Å². The summed E-state index contributed by atoms with van der Waals surface area (Å²) in [4.78, 5) is 16.0. The summed E-state index contributed by atoms with van der Waals surface area (Å²) in [5.74, 6) is 0.319. The van der Waals surface area contributed by atoms with Crippen molar-refractivity contribution in [1.29, 1.82) is 0 Å². The molecule has 0 fully saturated rings. The Kier molecular flexibility index (Phi) is 5.00. The highest BCUT2D eigenvalue weighted by molar-refractivity contribution is 6.19. The minimum absolute atomic E-state index is 0.000495. The van der Waals surface area contributed by atoms with Crippen LogP contribution in [0, 0.1) is 5.41 Å². The van der Waals surface area contributed by atoms with E-state index in [0.29, 0.717) is 5.88 Å². The minimum atomic E-state index is -0.524. The maximum absolute atomic E-state index is 12.0. The molecule has 96 valence electrons. The maximum atomic E-state index is 12.0. The number of nitrogens with one attached hydrogen (secondary N) is 1. The highest BCUT2D eigenvalue weighted by atomic mass is 35.5. The van der Waals surface area contributed by atoms with Crippen LogP contribution >= 0.6 is 11.6 Å². The third kappa shape index (κ3) is 4.04. The fourth-order valence-electron chi connectivity index (χ4n) is 1.37. The second kappa shape index (κ2) is 6.05. The van der Waals surface area contributed by atoms with Crippen molar-refractivity contribution in [3.8, 4) is 0 Å². The van der Waals surface area contributed by atoms with E-state index < -0.39 is 5.41 Å². The first-order chi connectivity index (χ1) is 7.99. The lowest BCUT2D eigenvalue weighted by Gasteiger charge is -2.25. The lowest BCUT2D eigenvalue weighted by molar-refractivity contribution is -0.129. The van der Waals surface area contributed by atoms with Gasteiger partial charge in [-0.25, -0.2) is 4.98 Å². The number of aromatic nitrogens is 2. The highest BCUT2D eigenvalue weighted by Crippen LogP contribution is 2.17. The quantitative estimate of drug-likeness (QED) is 0.793. The summed E-state index contributed by atoms with van der Waals surface area (Å²) in [6.07, 6.45) is 6.25. The van der Waals surface area contributed by atoms with E-state index in [0.717, 1.165) is 13.0 Å². The van der Waals surface area contributed by atoms with Crippen LogP contribution in [0.15, 0.2) is 18.7 Å². The summed E-state index contributed by atoms with van der Waals surface area (Å²) in [5.41, 5.74) is -0.524. The van der Waals surface area contributed by atoms with Gasteiger partial charge in [0, 0.05) is 30.9 Å². The zero-order valence-corrected chi connectivity index (χ0v) is 11.4. The van der Waals surface area contributed by atoms with E-state index in [9.17, 15) is 4.79 Å². The van der Waals surface area contributed by atoms with Crippen LogP contribution in [0.1, 0.15) is 27.2 Å². The minimum Gasteiger partial charge on any atom is -0.351 e. The average Bonchev–Trinajstić information content (AvgIpc) is 2.80. The van der Waals surface area contributed by atoms with Gasteiger partial charge in [0.25, 0.3) is 0 Å². The van der Waals surface area contributed by atoms with E-state index in [2.05, 4.69) is 17.2 Å². The molecule has 0 aliphatic carbocycles. The van der Waals surface area contributed by atoms with Gasteiger partial charge in [0.2, 0.25) is 5.91 Å². The van der Waals surface area contributed by atoms with Crippen molar-refractivity contribution in [2.24, 2.45) is 5.41 Å². The molecule has 0 aliphatic heterocycles. The molecule has 0 aromatic carbocycles. The predicted molar refractivity (Wildman–Crippen MR) is 68.9 cm³/mol. The van der Waals surface area contributed by atoms with Crippen molar-refractivity contribution in [2.45, 2.75) is 39.8 Å². The third-order valence-electron chi connectivity index (χ3n) is 2.77. The Labute approximate surface area is 107 Å². The van der Waals surface area contributed by atoms with Crippen LogP contribution in [0.3, 0.4) is 0 Å². The number of hydrogen-bond donors (Lipinski definition) is 1. The van der Waals surface area contributed by atoms with Crippen LogP contribution in [-0.2, 0) is 11.3 Å². The van der Waals surface area contributed by atoms with Gasteiger partial charge in [-0.15, -0.1) is 11.6 Å². The molecule has 1 aromatic rings. The number of carbonyl (C=O) groups is 1. The Morgan fingerprint density at radius 3 is 2.76 bits per heavy atom. The maximum Gasteiger partial charge on any atom is 0.227 e. The van der Waals surface area contributed by atoms with Gasteiger partial charge in [-0.1, -0.05) is 6.92 Å². The number of imidazole rings is 1. The van der Waals surface area contributed by atoms with E-state index >= 15 is 0 Å². The number of nitrogens with zero attached hydrogens (tertiary/aromatic N) is 2. The van der Waals surface area contributed by atoms with Crippen molar-refractivity contribution in [3.05, 3.63) is 18.7 Å². The number of amides is 1. The Hall–Kier alpha value is -1.03. The lowest BCUT2D eigenvalue weighted by Crippen LogP contribution is -2.45. The van der Waals surface area contributed by atoms with Crippen LogP contribution in [0.4, 0.5) is 0 Å². The smallest absolute Gasteiger partial charge is 0.227 e. The Morgan fingerprint density at radius 1 is 1.59 bits per heavy atom. The van der Waals surface area contributed by atoms with Gasteiger partial charge in [-0.05, 0) is 20.3 Å². The molecule has 0 spiro atoms. The van der Waals surface area contributed by atoms with Crippen molar-refractivity contribution in [2.75, 3.05) is 5.88 Å². The first kappa shape index (κ1) is 14.0. The molecule has 0 saturated heterocycles. The van der Waals surface area contributed by atoms with Gasteiger partial charge in [0.1, 0.15) is 0 Å². The van der Waals surface area contributed by atoms with Crippen molar-refractivity contribution < 1.29 is 4.79 Å². The summed E-state index contributed by atoms with van der Waals surface area (Å²) in [6, 6.07) is 0.110. The number of carbonyl (C=O) groups excluding carboxylic acids is 1. The second-order valence-electron chi connectivity index (χ2n) is 4.86. The molecule has 1 amide bonds.